The maximum atomic E-state index is 9.59. The van der Waals surface area contributed by atoms with E-state index in [0.717, 1.165) is 16.7 Å². The van der Waals surface area contributed by atoms with Crippen molar-refractivity contribution in [3.05, 3.63) is 60.2 Å². The molecule has 0 unspecified atom stereocenters. The van der Waals surface area contributed by atoms with E-state index in [2.05, 4.69) is 31.4 Å². The van der Waals surface area contributed by atoms with Crippen molar-refractivity contribution in [2.75, 3.05) is 5.32 Å². The molecule has 0 saturated heterocycles. The molecule has 0 fully saturated rings. The Morgan fingerprint density at radius 2 is 1.60 bits per heavy atom. The van der Waals surface area contributed by atoms with Gasteiger partial charge in [-0.15, -0.1) is 0 Å². The largest absolute Gasteiger partial charge is 0.339 e. The summed E-state index contributed by atoms with van der Waals surface area (Å²) in [6, 6.07) is 19.5. The number of para-hydroxylation sites is 3. The highest BCUT2D eigenvalue weighted by Gasteiger charge is 2.18. The second kappa shape index (κ2) is 5.04. The van der Waals surface area contributed by atoms with Gasteiger partial charge in [0.1, 0.15) is 17.5 Å². The van der Waals surface area contributed by atoms with Crippen LogP contribution in [0.1, 0.15) is 5.56 Å². The van der Waals surface area contributed by atoms with E-state index in [-0.39, 0.29) is 0 Å². The highest BCUT2D eigenvalue weighted by atomic mass is 15.3. The van der Waals surface area contributed by atoms with Gasteiger partial charge in [-0.05, 0) is 24.3 Å². The Morgan fingerprint density at radius 1 is 0.880 bits per heavy atom. The lowest BCUT2D eigenvalue weighted by Gasteiger charge is -2.03. The minimum atomic E-state index is 0.424. The van der Waals surface area contributed by atoms with E-state index in [1.807, 2.05) is 54.6 Å². The molecule has 5 aromatic rings. The Hall–Kier alpha value is -3.92. The van der Waals surface area contributed by atoms with Crippen molar-refractivity contribution in [1.82, 2.24) is 24.6 Å². The van der Waals surface area contributed by atoms with Crippen LogP contribution < -0.4 is 5.32 Å². The van der Waals surface area contributed by atoms with E-state index in [4.69, 9.17) is 0 Å². The van der Waals surface area contributed by atoms with Gasteiger partial charge in [0, 0.05) is 5.69 Å². The molecular weight excluding hydrogens is 314 g/mol. The molecule has 0 aliphatic heterocycles. The average molecular weight is 325 g/mol. The maximum absolute atomic E-state index is 9.59. The van der Waals surface area contributed by atoms with Crippen molar-refractivity contribution in [2.45, 2.75) is 0 Å². The van der Waals surface area contributed by atoms with Gasteiger partial charge in [0.15, 0.2) is 11.3 Å². The average Bonchev–Trinajstić information content (AvgIpc) is 3.15. The number of hydrogen-bond acceptors (Lipinski definition) is 5. The summed E-state index contributed by atoms with van der Waals surface area (Å²) in [5, 5.41) is 16.0. The minimum absolute atomic E-state index is 0.424. The lowest BCUT2D eigenvalue weighted by atomic mass is 10.3. The Kier molecular flexibility index (Phi) is 2.72. The van der Waals surface area contributed by atoms with Crippen LogP contribution in [0.3, 0.4) is 0 Å². The molecule has 3 aromatic heterocycles. The lowest BCUT2D eigenvalue weighted by molar-refractivity contribution is 0.995. The second-order valence-corrected chi connectivity index (χ2v) is 5.59. The number of aromatic nitrogens is 5. The van der Waals surface area contributed by atoms with Crippen LogP contribution in [-0.2, 0) is 0 Å². The maximum Gasteiger partial charge on any atom is 0.200 e. The van der Waals surface area contributed by atoms with E-state index in [1.54, 1.807) is 4.52 Å². The zero-order valence-corrected chi connectivity index (χ0v) is 12.9. The van der Waals surface area contributed by atoms with Crippen molar-refractivity contribution in [3.8, 4) is 6.07 Å². The molecule has 0 radical (unpaired) electrons. The lowest BCUT2D eigenvalue weighted by Crippen LogP contribution is -1.95. The number of nitriles is 1. The van der Waals surface area contributed by atoms with Crippen LogP contribution in [-0.4, -0.2) is 24.6 Å². The normalized spacial score (nSPS) is 11.2. The third-order valence-corrected chi connectivity index (χ3v) is 4.02. The van der Waals surface area contributed by atoms with Gasteiger partial charge < -0.3 is 5.32 Å². The van der Waals surface area contributed by atoms with Crippen molar-refractivity contribution in [3.63, 3.8) is 0 Å². The van der Waals surface area contributed by atoms with Gasteiger partial charge in [0.2, 0.25) is 5.65 Å². The summed E-state index contributed by atoms with van der Waals surface area (Å²) >= 11 is 0. The van der Waals surface area contributed by atoms with Gasteiger partial charge in [-0.2, -0.15) is 5.26 Å². The molecule has 2 N–H and O–H groups in total. The fourth-order valence-corrected chi connectivity index (χ4v) is 2.87. The van der Waals surface area contributed by atoms with Gasteiger partial charge in [-0.1, -0.05) is 30.3 Å². The zero-order chi connectivity index (χ0) is 16.8. The molecule has 0 spiro atoms. The van der Waals surface area contributed by atoms with Gasteiger partial charge >= 0.3 is 0 Å². The summed E-state index contributed by atoms with van der Waals surface area (Å²) in [5.41, 5.74) is 4.46. The molecule has 0 atom stereocenters. The molecule has 118 valence electrons. The number of nitrogens with zero attached hydrogens (tertiary/aromatic N) is 5. The molecule has 7 nitrogen and oxygen atoms in total. The number of fused-ring (bicyclic) bond motifs is 4. The Labute approximate surface area is 141 Å². The Balaban J connectivity index is 1.75. The van der Waals surface area contributed by atoms with E-state index < -0.39 is 0 Å². The quantitative estimate of drug-likeness (QED) is 0.519. The Morgan fingerprint density at radius 3 is 2.36 bits per heavy atom. The predicted molar refractivity (Wildman–Crippen MR) is 94.6 cm³/mol. The highest BCUT2D eigenvalue weighted by molar-refractivity contribution is 5.87. The van der Waals surface area contributed by atoms with E-state index in [1.165, 1.54) is 0 Å². The summed E-state index contributed by atoms with van der Waals surface area (Å²) in [7, 11) is 0. The standard InChI is InChI=1S/C18H11N7/c19-10-12-15(20-11-6-2-1-3-7-11)24-25-17(12)23-16-18(25)22-14-9-5-4-8-13(14)21-16/h1-9,20,24H. The predicted octanol–water partition coefficient (Wildman–Crippen LogP) is 3.37. The number of nitrogens with one attached hydrogen (secondary N) is 2. The van der Waals surface area contributed by atoms with Crippen molar-refractivity contribution < 1.29 is 0 Å². The number of anilines is 2. The smallest absolute Gasteiger partial charge is 0.200 e. The summed E-state index contributed by atoms with van der Waals surface area (Å²) in [6.45, 7) is 0. The second-order valence-electron chi connectivity index (χ2n) is 5.59. The third-order valence-electron chi connectivity index (χ3n) is 4.02. The monoisotopic (exact) mass is 325 g/mol. The first-order chi connectivity index (χ1) is 12.3. The number of hydrogen-bond donors (Lipinski definition) is 2. The van der Waals surface area contributed by atoms with Crippen LogP contribution in [0.15, 0.2) is 54.6 Å². The summed E-state index contributed by atoms with van der Waals surface area (Å²) in [5.74, 6) is 0.577. The Bertz CT molecular complexity index is 1280. The molecule has 0 aliphatic carbocycles. The minimum Gasteiger partial charge on any atom is -0.339 e. The molecule has 0 aliphatic rings. The molecule has 7 heteroatoms. The molecular formula is C18H11N7. The van der Waals surface area contributed by atoms with Crippen LogP contribution in [0, 0.1) is 11.3 Å². The first kappa shape index (κ1) is 13.5. The van der Waals surface area contributed by atoms with Crippen LogP contribution in [0.5, 0.6) is 0 Å². The van der Waals surface area contributed by atoms with Crippen molar-refractivity contribution in [2.24, 2.45) is 0 Å². The van der Waals surface area contributed by atoms with Gasteiger partial charge in [0.25, 0.3) is 0 Å². The van der Waals surface area contributed by atoms with E-state index in [9.17, 15) is 5.26 Å². The van der Waals surface area contributed by atoms with Crippen molar-refractivity contribution >= 4 is 39.5 Å². The third kappa shape index (κ3) is 2.01. The van der Waals surface area contributed by atoms with Gasteiger partial charge in [-0.3, -0.25) is 5.10 Å². The molecule has 2 aromatic carbocycles. The van der Waals surface area contributed by atoms with Crippen LogP contribution in [0.25, 0.3) is 28.0 Å². The van der Waals surface area contributed by atoms with E-state index in [0.29, 0.717) is 28.3 Å². The molecule has 25 heavy (non-hydrogen) atoms. The number of rotatable bonds is 2. The summed E-state index contributed by atoms with van der Waals surface area (Å²) in [6.07, 6.45) is 0. The molecule has 5 rings (SSSR count). The first-order valence-corrected chi connectivity index (χ1v) is 7.72. The van der Waals surface area contributed by atoms with Gasteiger partial charge in [0.05, 0.1) is 11.0 Å². The van der Waals surface area contributed by atoms with Crippen LogP contribution >= 0.6 is 0 Å². The zero-order valence-electron chi connectivity index (χ0n) is 12.9. The molecule has 0 amide bonds. The molecule has 3 heterocycles. The topological polar surface area (TPSA) is 94.7 Å². The number of imidazole rings is 1. The van der Waals surface area contributed by atoms with Crippen LogP contribution in [0.4, 0.5) is 11.5 Å². The number of benzene rings is 2. The number of H-pyrrole nitrogens is 1. The fourth-order valence-electron chi connectivity index (χ4n) is 2.87. The van der Waals surface area contributed by atoms with Crippen LogP contribution in [0.2, 0.25) is 0 Å². The fraction of sp³-hybridized carbons (Fsp3) is 0. The van der Waals surface area contributed by atoms with E-state index >= 15 is 0 Å². The SMILES string of the molecule is N#Cc1c(Nc2ccccc2)[nH]n2c1nc1nc3ccccc3nc12. The molecule has 0 bridgehead atoms. The van der Waals surface area contributed by atoms with Gasteiger partial charge in [-0.25, -0.2) is 19.5 Å². The van der Waals surface area contributed by atoms with Crippen molar-refractivity contribution in [1.29, 1.82) is 5.26 Å². The first-order valence-electron chi connectivity index (χ1n) is 7.72. The number of aromatic amines is 1. The molecule has 0 saturated carbocycles. The summed E-state index contributed by atoms with van der Waals surface area (Å²) < 4.78 is 1.69. The summed E-state index contributed by atoms with van der Waals surface area (Å²) in [4.78, 5) is 13.7. The highest BCUT2D eigenvalue weighted by Crippen LogP contribution is 2.26.